The topological polar surface area (TPSA) is 38.7 Å². The van der Waals surface area contributed by atoms with Gasteiger partial charge in [0.15, 0.2) is 0 Å². The summed E-state index contributed by atoms with van der Waals surface area (Å²) in [6, 6.07) is 8.09. The van der Waals surface area contributed by atoms with Crippen molar-refractivity contribution in [2.45, 2.75) is 45.3 Å². The van der Waals surface area contributed by atoms with E-state index in [-0.39, 0.29) is 12.2 Å². The molecule has 2 atom stereocenters. The second-order valence-electron chi connectivity index (χ2n) is 4.74. The number of ether oxygens (including phenoxy) is 2. The molecule has 2 unspecified atom stereocenters. The molecule has 0 saturated carbocycles. The summed E-state index contributed by atoms with van der Waals surface area (Å²) in [6.45, 7) is 4.57. The Balaban J connectivity index is 2.39. The summed E-state index contributed by atoms with van der Waals surface area (Å²) < 4.78 is 10.8. The van der Waals surface area contributed by atoms with E-state index in [1.165, 1.54) is 5.56 Å². The van der Waals surface area contributed by atoms with Gasteiger partial charge in [-0.05, 0) is 44.4 Å². The maximum Gasteiger partial charge on any atom is 0.119 e. The predicted molar refractivity (Wildman–Crippen MR) is 73.0 cm³/mol. The van der Waals surface area contributed by atoms with E-state index in [2.05, 4.69) is 12.1 Å². The molecule has 0 bridgehead atoms. The van der Waals surface area contributed by atoms with Crippen molar-refractivity contribution in [3.05, 3.63) is 29.8 Å². The van der Waals surface area contributed by atoms with Crippen LogP contribution in [0.3, 0.4) is 0 Å². The van der Waals surface area contributed by atoms with Gasteiger partial charge in [-0.1, -0.05) is 12.1 Å². The third-order valence-electron chi connectivity index (χ3n) is 2.84. The van der Waals surface area contributed by atoms with Gasteiger partial charge in [0, 0.05) is 20.1 Å². The minimum Gasteiger partial charge on any atom is -0.491 e. The molecule has 102 valence electrons. The molecule has 18 heavy (non-hydrogen) atoms. The lowest BCUT2D eigenvalue weighted by atomic mass is 10.1. The summed E-state index contributed by atoms with van der Waals surface area (Å²) in [7, 11) is 1.70. The van der Waals surface area contributed by atoms with Crippen LogP contribution in [0.25, 0.3) is 0 Å². The summed E-state index contributed by atoms with van der Waals surface area (Å²) in [5.74, 6) is 0.888. The molecule has 0 fully saturated rings. The van der Waals surface area contributed by atoms with Crippen molar-refractivity contribution in [2.24, 2.45) is 0 Å². The number of benzene rings is 1. The number of rotatable bonds is 8. The molecule has 3 heteroatoms. The van der Waals surface area contributed by atoms with Crippen molar-refractivity contribution in [1.82, 2.24) is 0 Å². The van der Waals surface area contributed by atoms with Gasteiger partial charge in [0.1, 0.15) is 5.75 Å². The van der Waals surface area contributed by atoms with Crippen LogP contribution in [0.5, 0.6) is 5.75 Å². The van der Waals surface area contributed by atoms with Crippen LogP contribution in [0, 0.1) is 0 Å². The van der Waals surface area contributed by atoms with Crippen molar-refractivity contribution in [1.29, 1.82) is 0 Å². The summed E-state index contributed by atoms with van der Waals surface area (Å²) in [6.07, 6.45) is 2.50. The highest BCUT2D eigenvalue weighted by molar-refractivity contribution is 5.27. The fraction of sp³-hybridized carbons (Fsp3) is 0.600. The smallest absolute Gasteiger partial charge is 0.119 e. The number of aliphatic hydroxyl groups is 1. The maximum atomic E-state index is 9.23. The molecule has 0 aromatic heterocycles. The minimum atomic E-state index is -0.241. The first-order valence-corrected chi connectivity index (χ1v) is 6.54. The average molecular weight is 252 g/mol. The van der Waals surface area contributed by atoms with Crippen LogP contribution in [0.1, 0.15) is 32.3 Å². The molecule has 0 aliphatic rings. The quantitative estimate of drug-likeness (QED) is 0.773. The van der Waals surface area contributed by atoms with Crippen molar-refractivity contribution >= 4 is 0 Å². The molecule has 0 amide bonds. The van der Waals surface area contributed by atoms with Gasteiger partial charge in [-0.15, -0.1) is 0 Å². The van der Waals surface area contributed by atoms with Gasteiger partial charge in [0.05, 0.1) is 12.2 Å². The van der Waals surface area contributed by atoms with E-state index >= 15 is 0 Å². The highest BCUT2D eigenvalue weighted by atomic mass is 16.5. The van der Waals surface area contributed by atoms with Gasteiger partial charge < -0.3 is 14.6 Å². The molecular weight excluding hydrogens is 228 g/mol. The number of hydrogen-bond donors (Lipinski definition) is 1. The monoisotopic (exact) mass is 252 g/mol. The molecular formula is C15H24O3. The van der Waals surface area contributed by atoms with Gasteiger partial charge in [-0.25, -0.2) is 0 Å². The second kappa shape index (κ2) is 8.11. The SMILES string of the molecule is COCCC(C)Oc1ccc(CCC(C)O)cc1. The fourth-order valence-corrected chi connectivity index (χ4v) is 1.69. The van der Waals surface area contributed by atoms with Crippen LogP contribution in [0.2, 0.25) is 0 Å². The van der Waals surface area contributed by atoms with E-state index in [4.69, 9.17) is 9.47 Å². The lowest BCUT2D eigenvalue weighted by molar-refractivity contribution is 0.135. The van der Waals surface area contributed by atoms with E-state index in [9.17, 15) is 5.11 Å². The fourth-order valence-electron chi connectivity index (χ4n) is 1.69. The Kier molecular flexibility index (Phi) is 6.76. The van der Waals surface area contributed by atoms with Gasteiger partial charge in [-0.3, -0.25) is 0 Å². The van der Waals surface area contributed by atoms with Crippen LogP contribution in [0.4, 0.5) is 0 Å². The van der Waals surface area contributed by atoms with Crippen LogP contribution >= 0.6 is 0 Å². The lowest BCUT2D eigenvalue weighted by Crippen LogP contribution is -2.14. The zero-order valence-corrected chi connectivity index (χ0v) is 11.6. The first-order valence-electron chi connectivity index (χ1n) is 6.54. The van der Waals surface area contributed by atoms with Gasteiger partial charge in [0.25, 0.3) is 0 Å². The molecule has 3 nitrogen and oxygen atoms in total. The van der Waals surface area contributed by atoms with Crippen molar-refractivity contribution in [3.63, 3.8) is 0 Å². The van der Waals surface area contributed by atoms with Crippen molar-refractivity contribution in [3.8, 4) is 5.75 Å². The van der Waals surface area contributed by atoms with Crippen molar-refractivity contribution < 1.29 is 14.6 Å². The highest BCUT2D eigenvalue weighted by Gasteiger charge is 2.04. The molecule has 1 aromatic rings. The van der Waals surface area contributed by atoms with Gasteiger partial charge in [-0.2, -0.15) is 0 Å². The van der Waals surface area contributed by atoms with Gasteiger partial charge in [0.2, 0.25) is 0 Å². The first-order chi connectivity index (χ1) is 8.61. The Morgan fingerprint density at radius 1 is 1.11 bits per heavy atom. The van der Waals surface area contributed by atoms with Crippen molar-refractivity contribution in [2.75, 3.05) is 13.7 Å². The molecule has 0 aliphatic heterocycles. The van der Waals surface area contributed by atoms with E-state index in [1.807, 2.05) is 26.0 Å². The Labute approximate surface area is 110 Å². The molecule has 0 radical (unpaired) electrons. The van der Waals surface area contributed by atoms with E-state index in [1.54, 1.807) is 7.11 Å². The van der Waals surface area contributed by atoms with E-state index in [0.717, 1.165) is 25.0 Å². The van der Waals surface area contributed by atoms with Crippen LogP contribution in [-0.4, -0.2) is 31.0 Å². The standard InChI is InChI=1S/C15H24O3/c1-12(16)4-5-14-6-8-15(9-7-14)18-13(2)10-11-17-3/h6-9,12-13,16H,4-5,10-11H2,1-3H3. The van der Waals surface area contributed by atoms with Crippen LogP contribution < -0.4 is 4.74 Å². The predicted octanol–water partition coefficient (Wildman–Crippen LogP) is 2.80. The van der Waals surface area contributed by atoms with E-state index in [0.29, 0.717) is 6.61 Å². The van der Waals surface area contributed by atoms with Crippen LogP contribution in [-0.2, 0) is 11.2 Å². The Bertz CT molecular complexity index is 319. The Hall–Kier alpha value is -1.06. The summed E-state index contributed by atoms with van der Waals surface area (Å²) in [5.41, 5.74) is 1.23. The lowest BCUT2D eigenvalue weighted by Gasteiger charge is -2.14. The zero-order chi connectivity index (χ0) is 13.4. The molecule has 1 aromatic carbocycles. The Morgan fingerprint density at radius 2 is 1.78 bits per heavy atom. The van der Waals surface area contributed by atoms with Crippen LogP contribution in [0.15, 0.2) is 24.3 Å². The molecule has 1 N–H and O–H groups in total. The average Bonchev–Trinajstić information content (AvgIpc) is 2.35. The second-order valence-corrected chi connectivity index (χ2v) is 4.74. The molecule has 0 spiro atoms. The first kappa shape index (κ1) is 15.0. The summed E-state index contributed by atoms with van der Waals surface area (Å²) in [5, 5.41) is 9.23. The van der Waals surface area contributed by atoms with E-state index < -0.39 is 0 Å². The third-order valence-corrected chi connectivity index (χ3v) is 2.84. The number of hydrogen-bond acceptors (Lipinski definition) is 3. The summed E-state index contributed by atoms with van der Waals surface area (Å²) >= 11 is 0. The number of aliphatic hydroxyl groups excluding tert-OH is 1. The van der Waals surface area contributed by atoms with Gasteiger partial charge >= 0.3 is 0 Å². The minimum absolute atomic E-state index is 0.160. The maximum absolute atomic E-state index is 9.23. The zero-order valence-electron chi connectivity index (χ0n) is 11.6. The largest absolute Gasteiger partial charge is 0.491 e. The number of methoxy groups -OCH3 is 1. The molecule has 0 heterocycles. The number of aryl methyl sites for hydroxylation is 1. The third kappa shape index (κ3) is 6.03. The molecule has 0 aliphatic carbocycles. The highest BCUT2D eigenvalue weighted by Crippen LogP contribution is 2.16. The molecule has 1 rings (SSSR count). The Morgan fingerprint density at radius 3 is 2.33 bits per heavy atom. The molecule has 0 saturated heterocycles. The normalized spacial score (nSPS) is 14.2. The summed E-state index contributed by atoms with van der Waals surface area (Å²) in [4.78, 5) is 0.